The smallest absolute Gasteiger partial charge is 0.330 e. The molecule has 0 aliphatic rings. The molecule has 6 nitrogen and oxygen atoms in total. The molecule has 0 bridgehead atoms. The number of quaternary nitrogens is 1. The lowest BCUT2D eigenvalue weighted by atomic mass is 10.0. The van der Waals surface area contributed by atoms with E-state index in [-0.39, 0.29) is 6.61 Å². The van der Waals surface area contributed by atoms with Crippen molar-refractivity contribution in [2.24, 2.45) is 0 Å². The van der Waals surface area contributed by atoms with Crippen LogP contribution >= 0.6 is 8.60 Å². The van der Waals surface area contributed by atoms with E-state index < -0.39 is 14.7 Å². The van der Waals surface area contributed by atoms with Crippen molar-refractivity contribution in [1.82, 2.24) is 0 Å². The molecule has 0 heterocycles. The number of unbranched alkanes of at least 4 members (excludes halogenated alkanes) is 13. The van der Waals surface area contributed by atoms with Gasteiger partial charge >= 0.3 is 8.60 Å². The molecule has 194 valence electrons. The first-order valence-corrected chi connectivity index (χ1v) is 14.3. The minimum absolute atomic E-state index is 0.0782. The summed E-state index contributed by atoms with van der Waals surface area (Å²) in [5.41, 5.74) is 0. The Balaban J connectivity index is 3.26. The molecule has 32 heavy (non-hydrogen) atoms. The molecule has 0 aromatic rings. The fraction of sp³-hybridized carbons (Fsp3) is 1.00. The molecule has 0 radical (unpaired) electrons. The topological polar surface area (TPSA) is 68.2 Å². The highest BCUT2D eigenvalue weighted by Crippen LogP contribution is 2.32. The standard InChI is InChI=1S/C25H55NO5P/c1-5-6-7-8-9-10-11-12-13-14-15-16-17-18-21-29-22-19-25(27)24-31-32(28)30-23-20-26(2,3)4/h25,27-28H,5-24H2,1-4H3/q+1. The van der Waals surface area contributed by atoms with E-state index in [9.17, 15) is 10.00 Å². The number of aliphatic hydroxyl groups is 1. The molecule has 2 unspecified atom stereocenters. The number of aliphatic hydroxyl groups excluding tert-OH is 1. The Bertz CT molecular complexity index is 382. The number of likely N-dealkylation sites (N-methyl/N-ethyl adjacent to an activating group) is 1. The van der Waals surface area contributed by atoms with Crippen LogP contribution in [0.1, 0.15) is 103 Å². The molecule has 2 atom stereocenters. The number of ether oxygens (including phenoxy) is 1. The lowest BCUT2D eigenvalue weighted by molar-refractivity contribution is -0.870. The van der Waals surface area contributed by atoms with Crippen molar-refractivity contribution in [2.45, 2.75) is 109 Å². The normalized spacial score (nSPS) is 14.1. The van der Waals surface area contributed by atoms with E-state index in [2.05, 4.69) is 28.1 Å². The molecule has 0 aromatic carbocycles. The van der Waals surface area contributed by atoms with E-state index in [0.29, 0.717) is 19.6 Å². The van der Waals surface area contributed by atoms with Crippen LogP contribution in [0.5, 0.6) is 0 Å². The van der Waals surface area contributed by atoms with Crippen LogP contribution in [0.4, 0.5) is 0 Å². The van der Waals surface area contributed by atoms with Crippen molar-refractivity contribution in [3.8, 4) is 0 Å². The van der Waals surface area contributed by atoms with Crippen LogP contribution in [0.15, 0.2) is 0 Å². The highest BCUT2D eigenvalue weighted by Gasteiger charge is 2.14. The Morgan fingerprint density at radius 2 is 1.19 bits per heavy atom. The first-order valence-electron chi connectivity index (χ1n) is 13.2. The van der Waals surface area contributed by atoms with Crippen LogP contribution in [0.3, 0.4) is 0 Å². The molecule has 7 heteroatoms. The van der Waals surface area contributed by atoms with Crippen LogP contribution in [0, 0.1) is 0 Å². The summed E-state index contributed by atoms with van der Waals surface area (Å²) >= 11 is 0. The van der Waals surface area contributed by atoms with Crippen LogP contribution in [-0.4, -0.2) is 74.7 Å². The van der Waals surface area contributed by atoms with Crippen LogP contribution < -0.4 is 0 Å². The van der Waals surface area contributed by atoms with Crippen molar-refractivity contribution >= 4 is 8.60 Å². The fourth-order valence-electron chi connectivity index (χ4n) is 3.38. The predicted molar refractivity (Wildman–Crippen MR) is 136 cm³/mol. The third kappa shape index (κ3) is 26.4. The van der Waals surface area contributed by atoms with Gasteiger partial charge in [-0.1, -0.05) is 90.4 Å². The van der Waals surface area contributed by atoms with Gasteiger partial charge < -0.3 is 28.3 Å². The van der Waals surface area contributed by atoms with Gasteiger partial charge in [0.05, 0.1) is 33.9 Å². The average Bonchev–Trinajstić information content (AvgIpc) is 2.73. The van der Waals surface area contributed by atoms with E-state index >= 15 is 0 Å². The third-order valence-corrected chi connectivity index (χ3v) is 6.35. The minimum Gasteiger partial charge on any atom is -0.391 e. The van der Waals surface area contributed by atoms with Gasteiger partial charge in [-0.15, -0.1) is 0 Å². The lowest BCUT2D eigenvalue weighted by Crippen LogP contribution is -2.37. The lowest BCUT2D eigenvalue weighted by Gasteiger charge is -2.24. The van der Waals surface area contributed by atoms with Crippen molar-refractivity contribution in [3.05, 3.63) is 0 Å². The Morgan fingerprint density at radius 3 is 1.69 bits per heavy atom. The summed E-state index contributed by atoms with van der Waals surface area (Å²) in [5, 5.41) is 9.91. The van der Waals surface area contributed by atoms with Crippen LogP contribution in [0.25, 0.3) is 0 Å². The maximum Gasteiger partial charge on any atom is 0.330 e. The number of hydrogen-bond donors (Lipinski definition) is 2. The number of rotatable bonds is 25. The van der Waals surface area contributed by atoms with Gasteiger partial charge in [0.1, 0.15) is 13.2 Å². The third-order valence-electron chi connectivity index (χ3n) is 5.58. The van der Waals surface area contributed by atoms with Gasteiger partial charge in [0.15, 0.2) is 0 Å². The summed E-state index contributed by atoms with van der Waals surface area (Å²) in [7, 11) is 4.27. The summed E-state index contributed by atoms with van der Waals surface area (Å²) in [4.78, 5) is 9.69. The number of nitrogens with zero attached hydrogens (tertiary/aromatic N) is 1. The fourth-order valence-corrected chi connectivity index (χ4v) is 4.00. The average molecular weight is 481 g/mol. The molecule has 0 aliphatic heterocycles. The minimum atomic E-state index is -1.92. The zero-order valence-electron chi connectivity index (χ0n) is 21.7. The maximum absolute atomic E-state index is 9.91. The first-order chi connectivity index (χ1) is 15.3. The van der Waals surface area contributed by atoms with E-state index in [1.165, 1.54) is 83.5 Å². The second-order valence-corrected chi connectivity index (χ2v) is 11.0. The Labute approximate surface area is 200 Å². The molecule has 0 rings (SSSR count). The Hall–Kier alpha value is 0.190. The van der Waals surface area contributed by atoms with Gasteiger partial charge in [-0.05, 0) is 12.8 Å². The Kier molecular flexibility index (Phi) is 23.1. The molecule has 0 aliphatic carbocycles. The van der Waals surface area contributed by atoms with Gasteiger partial charge in [-0.3, -0.25) is 0 Å². The van der Waals surface area contributed by atoms with Crippen molar-refractivity contribution in [1.29, 1.82) is 0 Å². The maximum atomic E-state index is 9.91. The molecule has 0 fully saturated rings. The largest absolute Gasteiger partial charge is 0.391 e. The molecular weight excluding hydrogens is 425 g/mol. The molecule has 2 N–H and O–H groups in total. The van der Waals surface area contributed by atoms with Gasteiger partial charge in [0.25, 0.3) is 0 Å². The van der Waals surface area contributed by atoms with Gasteiger partial charge in [-0.25, -0.2) is 0 Å². The highest BCUT2D eigenvalue weighted by molar-refractivity contribution is 7.40. The number of hydrogen-bond acceptors (Lipinski definition) is 5. The molecule has 0 amide bonds. The summed E-state index contributed by atoms with van der Waals surface area (Å²) in [5.74, 6) is 0. The SMILES string of the molecule is CCCCCCCCCCCCCCCCOCCC(O)COP(O)OCC[N+](C)(C)C. The van der Waals surface area contributed by atoms with Gasteiger partial charge in [0.2, 0.25) is 0 Å². The second kappa shape index (κ2) is 23.0. The van der Waals surface area contributed by atoms with Crippen molar-refractivity contribution < 1.29 is 28.3 Å². The van der Waals surface area contributed by atoms with Crippen LogP contribution in [0.2, 0.25) is 0 Å². The second-order valence-electron chi connectivity index (χ2n) is 10.0. The van der Waals surface area contributed by atoms with E-state index in [4.69, 9.17) is 13.8 Å². The molecule has 0 saturated carbocycles. The monoisotopic (exact) mass is 480 g/mol. The summed E-state index contributed by atoms with van der Waals surface area (Å²) in [6.07, 6.45) is 18.9. The van der Waals surface area contributed by atoms with Crippen molar-refractivity contribution in [3.63, 3.8) is 0 Å². The molecule has 0 aromatic heterocycles. The summed E-state index contributed by atoms with van der Waals surface area (Å²) in [6.45, 7) is 4.86. The summed E-state index contributed by atoms with van der Waals surface area (Å²) < 4.78 is 16.8. The molecule has 0 saturated heterocycles. The van der Waals surface area contributed by atoms with Gasteiger partial charge in [0, 0.05) is 13.2 Å². The van der Waals surface area contributed by atoms with Crippen LogP contribution in [-0.2, 0) is 13.8 Å². The predicted octanol–water partition coefficient (Wildman–Crippen LogP) is 6.19. The van der Waals surface area contributed by atoms with E-state index in [1.54, 1.807) is 0 Å². The summed E-state index contributed by atoms with van der Waals surface area (Å²) in [6, 6.07) is 0. The van der Waals surface area contributed by atoms with E-state index in [0.717, 1.165) is 24.1 Å². The quantitative estimate of drug-likeness (QED) is 0.0926. The van der Waals surface area contributed by atoms with Gasteiger partial charge in [-0.2, -0.15) is 0 Å². The highest BCUT2D eigenvalue weighted by atomic mass is 31.2. The first kappa shape index (κ1) is 32.2. The zero-order valence-corrected chi connectivity index (χ0v) is 22.6. The molecule has 0 spiro atoms. The Morgan fingerprint density at radius 1 is 0.688 bits per heavy atom. The van der Waals surface area contributed by atoms with Crippen molar-refractivity contribution in [2.75, 3.05) is 54.1 Å². The molecular formula is C25H55NO5P+. The van der Waals surface area contributed by atoms with E-state index in [1.807, 2.05) is 0 Å². The zero-order chi connectivity index (χ0) is 23.9.